The fourth-order valence-corrected chi connectivity index (χ4v) is 1.87. The van der Waals surface area contributed by atoms with Gasteiger partial charge in [-0.3, -0.25) is 9.48 Å². The van der Waals surface area contributed by atoms with Gasteiger partial charge in [-0.1, -0.05) is 0 Å². The first-order valence-corrected chi connectivity index (χ1v) is 5.63. The minimum atomic E-state index is -1.12. The third kappa shape index (κ3) is 2.49. The molecule has 2 heterocycles. The number of hydrogen-bond donors (Lipinski definition) is 3. The van der Waals surface area contributed by atoms with Gasteiger partial charge >= 0.3 is 5.97 Å². The number of anilines is 1. The summed E-state index contributed by atoms with van der Waals surface area (Å²) in [7, 11) is 1.66. The lowest BCUT2D eigenvalue weighted by Crippen LogP contribution is -2.17. The molecule has 0 aliphatic carbocycles. The van der Waals surface area contributed by atoms with Crippen molar-refractivity contribution < 1.29 is 14.7 Å². The fourth-order valence-electron chi connectivity index (χ4n) is 1.87. The molecule has 2 rings (SSSR count). The average Bonchev–Trinajstić information content (AvgIpc) is 2.81. The molecule has 19 heavy (non-hydrogen) atoms. The SMILES string of the molecule is Cc1cc(C(=O)Nc2cc(C)[nH]c2C(=O)O)n(C)n1. The van der Waals surface area contributed by atoms with Crippen LogP contribution in [0, 0.1) is 13.8 Å². The zero-order valence-electron chi connectivity index (χ0n) is 10.8. The zero-order valence-corrected chi connectivity index (χ0v) is 10.8. The zero-order chi connectivity index (χ0) is 14.2. The topological polar surface area (TPSA) is 100 Å². The van der Waals surface area contributed by atoms with E-state index in [1.165, 1.54) is 4.68 Å². The van der Waals surface area contributed by atoms with Crippen molar-refractivity contribution in [1.82, 2.24) is 14.8 Å². The number of amides is 1. The summed E-state index contributed by atoms with van der Waals surface area (Å²) in [5.74, 6) is -1.52. The second-order valence-corrected chi connectivity index (χ2v) is 4.29. The Hall–Kier alpha value is -2.57. The Morgan fingerprint density at radius 3 is 2.58 bits per heavy atom. The highest BCUT2D eigenvalue weighted by atomic mass is 16.4. The van der Waals surface area contributed by atoms with Gasteiger partial charge in [0.05, 0.1) is 11.4 Å². The third-order valence-corrected chi connectivity index (χ3v) is 2.65. The second-order valence-electron chi connectivity index (χ2n) is 4.29. The van der Waals surface area contributed by atoms with E-state index >= 15 is 0 Å². The quantitative estimate of drug-likeness (QED) is 0.776. The van der Waals surface area contributed by atoms with Crippen LogP contribution in [-0.4, -0.2) is 31.7 Å². The summed E-state index contributed by atoms with van der Waals surface area (Å²) in [5.41, 5.74) is 1.96. The molecule has 0 aromatic carbocycles. The lowest BCUT2D eigenvalue weighted by Gasteiger charge is -2.04. The van der Waals surface area contributed by atoms with Crippen LogP contribution in [0.3, 0.4) is 0 Å². The highest BCUT2D eigenvalue weighted by Crippen LogP contribution is 2.18. The standard InChI is InChI=1S/C12H14N4O3/c1-6-4-8(10(13-6)12(18)19)14-11(17)9-5-7(2)15-16(9)3/h4-5,13H,1-3H3,(H,14,17)(H,18,19). The van der Waals surface area contributed by atoms with Crippen LogP contribution in [0.4, 0.5) is 5.69 Å². The molecule has 1 amide bonds. The van der Waals surface area contributed by atoms with Crippen molar-refractivity contribution in [2.45, 2.75) is 13.8 Å². The van der Waals surface area contributed by atoms with Gasteiger partial charge in [-0.15, -0.1) is 0 Å². The van der Waals surface area contributed by atoms with Crippen LogP contribution < -0.4 is 5.32 Å². The molecule has 0 spiro atoms. The molecule has 2 aromatic heterocycles. The van der Waals surface area contributed by atoms with Crippen LogP contribution in [0.2, 0.25) is 0 Å². The Bertz CT molecular complexity index is 654. The monoisotopic (exact) mass is 262 g/mol. The summed E-state index contributed by atoms with van der Waals surface area (Å²) in [5, 5.41) is 15.7. The molecule has 0 saturated carbocycles. The van der Waals surface area contributed by atoms with Gasteiger partial charge in [0.2, 0.25) is 0 Å². The van der Waals surface area contributed by atoms with Gasteiger partial charge in [-0.25, -0.2) is 4.79 Å². The molecular weight excluding hydrogens is 248 g/mol. The average molecular weight is 262 g/mol. The number of nitrogens with zero attached hydrogens (tertiary/aromatic N) is 2. The molecule has 0 fully saturated rings. The predicted molar refractivity (Wildman–Crippen MR) is 68.4 cm³/mol. The minimum Gasteiger partial charge on any atom is -0.477 e. The van der Waals surface area contributed by atoms with E-state index in [2.05, 4.69) is 15.4 Å². The van der Waals surface area contributed by atoms with Gasteiger partial charge in [-0.05, 0) is 26.0 Å². The molecule has 0 aliphatic heterocycles. The van der Waals surface area contributed by atoms with E-state index < -0.39 is 11.9 Å². The van der Waals surface area contributed by atoms with Crippen LogP contribution in [-0.2, 0) is 7.05 Å². The van der Waals surface area contributed by atoms with Crippen LogP contribution >= 0.6 is 0 Å². The number of carboxylic acids is 1. The predicted octanol–water partition coefficient (Wildman–Crippen LogP) is 1.32. The summed E-state index contributed by atoms with van der Waals surface area (Å²) in [6.07, 6.45) is 0. The van der Waals surface area contributed by atoms with Crippen LogP contribution in [0.15, 0.2) is 12.1 Å². The number of aromatic nitrogens is 3. The normalized spacial score (nSPS) is 10.5. The van der Waals surface area contributed by atoms with E-state index in [4.69, 9.17) is 5.11 Å². The van der Waals surface area contributed by atoms with Gasteiger partial charge < -0.3 is 15.4 Å². The molecule has 7 nitrogen and oxygen atoms in total. The molecule has 0 bridgehead atoms. The van der Waals surface area contributed by atoms with Crippen molar-refractivity contribution in [3.05, 3.63) is 34.9 Å². The minimum absolute atomic E-state index is 0.0373. The fraction of sp³-hybridized carbons (Fsp3) is 0.250. The molecule has 2 aromatic rings. The van der Waals surface area contributed by atoms with E-state index in [9.17, 15) is 9.59 Å². The molecule has 0 aliphatic rings. The van der Waals surface area contributed by atoms with Gasteiger partial charge in [0, 0.05) is 12.7 Å². The van der Waals surface area contributed by atoms with Crippen molar-refractivity contribution in [3.63, 3.8) is 0 Å². The maximum absolute atomic E-state index is 12.1. The Morgan fingerprint density at radius 2 is 2.05 bits per heavy atom. The van der Waals surface area contributed by atoms with Gasteiger partial charge in [-0.2, -0.15) is 5.10 Å². The van der Waals surface area contributed by atoms with Crippen molar-refractivity contribution >= 4 is 17.6 Å². The lowest BCUT2D eigenvalue weighted by atomic mass is 10.3. The number of aryl methyl sites for hydroxylation is 3. The maximum atomic E-state index is 12.1. The van der Waals surface area contributed by atoms with E-state index in [-0.39, 0.29) is 11.4 Å². The number of hydrogen-bond acceptors (Lipinski definition) is 3. The van der Waals surface area contributed by atoms with Gasteiger partial charge in [0.15, 0.2) is 0 Å². The molecule has 0 saturated heterocycles. The summed E-state index contributed by atoms with van der Waals surface area (Å²) in [4.78, 5) is 25.8. The molecule has 0 unspecified atom stereocenters. The summed E-state index contributed by atoms with van der Waals surface area (Å²) < 4.78 is 1.45. The number of aromatic carboxylic acids is 1. The summed E-state index contributed by atoms with van der Waals surface area (Å²) in [6, 6.07) is 3.21. The highest BCUT2D eigenvalue weighted by Gasteiger charge is 2.18. The van der Waals surface area contributed by atoms with E-state index in [0.29, 0.717) is 11.4 Å². The van der Waals surface area contributed by atoms with Gasteiger partial charge in [0.1, 0.15) is 11.4 Å². The van der Waals surface area contributed by atoms with Crippen LogP contribution in [0.5, 0.6) is 0 Å². The number of carbonyl (C=O) groups is 2. The molecule has 3 N–H and O–H groups in total. The van der Waals surface area contributed by atoms with Crippen molar-refractivity contribution in [2.75, 3.05) is 5.32 Å². The molecule has 7 heteroatoms. The Kier molecular flexibility index (Phi) is 3.12. The van der Waals surface area contributed by atoms with Gasteiger partial charge in [0.25, 0.3) is 5.91 Å². The van der Waals surface area contributed by atoms with E-state index in [0.717, 1.165) is 5.69 Å². The number of carboxylic acid groups (broad SMARTS) is 1. The third-order valence-electron chi connectivity index (χ3n) is 2.65. The molecule has 0 atom stereocenters. The second kappa shape index (κ2) is 4.60. The van der Waals surface area contributed by atoms with E-state index in [1.807, 2.05) is 0 Å². The smallest absolute Gasteiger partial charge is 0.354 e. The van der Waals surface area contributed by atoms with Crippen LogP contribution in [0.25, 0.3) is 0 Å². The first-order valence-electron chi connectivity index (χ1n) is 5.63. The number of nitrogens with one attached hydrogen (secondary N) is 2. The Morgan fingerprint density at radius 1 is 1.37 bits per heavy atom. The van der Waals surface area contributed by atoms with Crippen molar-refractivity contribution in [3.8, 4) is 0 Å². The van der Waals surface area contributed by atoms with Crippen LogP contribution in [0.1, 0.15) is 32.4 Å². The molecule has 0 radical (unpaired) electrons. The first kappa shape index (κ1) is 12.9. The number of H-pyrrole nitrogens is 1. The highest BCUT2D eigenvalue weighted by molar-refractivity contribution is 6.06. The van der Waals surface area contributed by atoms with Crippen molar-refractivity contribution in [2.24, 2.45) is 7.05 Å². The maximum Gasteiger partial charge on any atom is 0.354 e. The molecular formula is C12H14N4O3. The number of aromatic amines is 1. The molecule has 100 valence electrons. The number of rotatable bonds is 3. The largest absolute Gasteiger partial charge is 0.477 e. The lowest BCUT2D eigenvalue weighted by molar-refractivity contribution is 0.0692. The Balaban J connectivity index is 2.29. The first-order chi connectivity index (χ1) is 8.88. The number of carbonyl (C=O) groups excluding carboxylic acids is 1. The summed E-state index contributed by atoms with van der Waals surface area (Å²) >= 11 is 0. The Labute approximate surface area is 109 Å². The summed E-state index contributed by atoms with van der Waals surface area (Å²) in [6.45, 7) is 3.50. The van der Waals surface area contributed by atoms with Crippen molar-refractivity contribution in [1.29, 1.82) is 0 Å². The van der Waals surface area contributed by atoms with E-state index in [1.54, 1.807) is 33.0 Å².